The van der Waals surface area contributed by atoms with Crippen LogP contribution in [-0.2, 0) is 4.79 Å². The molecule has 1 unspecified atom stereocenters. The van der Waals surface area contributed by atoms with Gasteiger partial charge >= 0.3 is 0 Å². The van der Waals surface area contributed by atoms with Crippen molar-refractivity contribution in [2.75, 3.05) is 18.0 Å². The number of piperidine rings is 1. The SMILES string of the molecule is Cc1nc(N2CCCC(C=O)C2)ccc1[N+](=O)[O-]. The Morgan fingerprint density at radius 2 is 2.33 bits per heavy atom. The molecule has 2 heterocycles. The van der Waals surface area contributed by atoms with Gasteiger partial charge < -0.3 is 9.69 Å². The fourth-order valence-corrected chi connectivity index (χ4v) is 2.24. The number of aldehydes is 1. The van der Waals surface area contributed by atoms with Crippen LogP contribution in [0, 0.1) is 23.0 Å². The molecule has 1 atom stereocenters. The van der Waals surface area contributed by atoms with Crippen molar-refractivity contribution in [2.24, 2.45) is 5.92 Å². The van der Waals surface area contributed by atoms with Gasteiger partial charge in [-0.25, -0.2) is 4.98 Å². The second-order valence-electron chi connectivity index (χ2n) is 4.52. The first-order valence-corrected chi connectivity index (χ1v) is 5.94. The molecule has 96 valence electrons. The number of aryl methyl sites for hydroxylation is 1. The molecule has 0 radical (unpaired) electrons. The van der Waals surface area contributed by atoms with Gasteiger partial charge in [-0.3, -0.25) is 10.1 Å². The molecule has 0 spiro atoms. The zero-order valence-corrected chi connectivity index (χ0v) is 10.2. The van der Waals surface area contributed by atoms with Crippen LogP contribution in [0.5, 0.6) is 0 Å². The second-order valence-corrected chi connectivity index (χ2v) is 4.52. The molecule has 0 N–H and O–H groups in total. The van der Waals surface area contributed by atoms with Gasteiger partial charge in [0.25, 0.3) is 5.69 Å². The third kappa shape index (κ3) is 2.47. The van der Waals surface area contributed by atoms with E-state index in [4.69, 9.17) is 0 Å². The molecule has 2 rings (SSSR count). The van der Waals surface area contributed by atoms with Gasteiger partial charge in [0.05, 0.1) is 4.92 Å². The molecule has 1 aliphatic heterocycles. The fourth-order valence-electron chi connectivity index (χ4n) is 2.24. The zero-order chi connectivity index (χ0) is 13.1. The fraction of sp³-hybridized carbons (Fsp3) is 0.500. The molecule has 1 aromatic heterocycles. The lowest BCUT2D eigenvalue weighted by molar-refractivity contribution is -0.385. The zero-order valence-electron chi connectivity index (χ0n) is 10.2. The molecule has 0 bridgehead atoms. The third-order valence-corrected chi connectivity index (χ3v) is 3.21. The van der Waals surface area contributed by atoms with Crippen LogP contribution in [0.2, 0.25) is 0 Å². The van der Waals surface area contributed by atoms with Crippen molar-refractivity contribution < 1.29 is 9.72 Å². The quantitative estimate of drug-likeness (QED) is 0.463. The Labute approximate surface area is 105 Å². The van der Waals surface area contributed by atoms with E-state index in [-0.39, 0.29) is 11.6 Å². The Balaban J connectivity index is 2.21. The summed E-state index contributed by atoms with van der Waals surface area (Å²) in [5.41, 5.74) is 0.438. The first kappa shape index (κ1) is 12.5. The number of hydrogen-bond donors (Lipinski definition) is 0. The molecule has 0 saturated carbocycles. The van der Waals surface area contributed by atoms with Gasteiger partial charge in [-0.15, -0.1) is 0 Å². The monoisotopic (exact) mass is 249 g/mol. The predicted octanol–water partition coefficient (Wildman–Crippen LogP) is 1.71. The van der Waals surface area contributed by atoms with Crippen molar-refractivity contribution in [3.05, 3.63) is 27.9 Å². The Morgan fingerprint density at radius 3 is 2.94 bits per heavy atom. The first-order valence-electron chi connectivity index (χ1n) is 5.94. The number of anilines is 1. The van der Waals surface area contributed by atoms with Gasteiger partial charge in [0.1, 0.15) is 17.8 Å². The van der Waals surface area contributed by atoms with E-state index in [1.807, 2.05) is 4.90 Å². The van der Waals surface area contributed by atoms with E-state index in [1.54, 1.807) is 13.0 Å². The summed E-state index contributed by atoms with van der Waals surface area (Å²) in [5, 5.41) is 10.7. The number of carbonyl (C=O) groups excluding carboxylic acids is 1. The van der Waals surface area contributed by atoms with Crippen molar-refractivity contribution >= 4 is 17.8 Å². The summed E-state index contributed by atoms with van der Waals surface area (Å²) in [6.07, 6.45) is 2.83. The normalized spacial score (nSPS) is 19.6. The van der Waals surface area contributed by atoms with Gasteiger partial charge in [-0.1, -0.05) is 0 Å². The third-order valence-electron chi connectivity index (χ3n) is 3.21. The van der Waals surface area contributed by atoms with Crippen LogP contribution in [-0.4, -0.2) is 29.3 Å². The minimum atomic E-state index is -0.434. The average Bonchev–Trinajstić information content (AvgIpc) is 2.38. The van der Waals surface area contributed by atoms with E-state index in [0.29, 0.717) is 18.1 Å². The first-order chi connectivity index (χ1) is 8.61. The van der Waals surface area contributed by atoms with Gasteiger partial charge in [0.2, 0.25) is 0 Å². The average molecular weight is 249 g/mol. The second kappa shape index (κ2) is 5.12. The number of hydrogen-bond acceptors (Lipinski definition) is 5. The van der Waals surface area contributed by atoms with E-state index in [0.717, 1.165) is 25.7 Å². The highest BCUT2D eigenvalue weighted by atomic mass is 16.6. The van der Waals surface area contributed by atoms with Gasteiger partial charge in [0, 0.05) is 25.1 Å². The van der Waals surface area contributed by atoms with Crippen LogP contribution in [0.4, 0.5) is 11.5 Å². The van der Waals surface area contributed by atoms with Gasteiger partial charge in [-0.2, -0.15) is 0 Å². The lowest BCUT2D eigenvalue weighted by atomic mass is 10.00. The van der Waals surface area contributed by atoms with Crippen LogP contribution in [0.25, 0.3) is 0 Å². The van der Waals surface area contributed by atoms with Crippen molar-refractivity contribution in [3.8, 4) is 0 Å². The highest BCUT2D eigenvalue weighted by molar-refractivity contribution is 5.56. The van der Waals surface area contributed by atoms with Crippen LogP contribution in [0.1, 0.15) is 18.5 Å². The number of nitrogens with zero attached hydrogens (tertiary/aromatic N) is 3. The predicted molar refractivity (Wildman–Crippen MR) is 66.6 cm³/mol. The molecule has 18 heavy (non-hydrogen) atoms. The summed E-state index contributed by atoms with van der Waals surface area (Å²) in [4.78, 5) is 27.4. The van der Waals surface area contributed by atoms with Crippen LogP contribution in [0.15, 0.2) is 12.1 Å². The Bertz CT molecular complexity index is 476. The van der Waals surface area contributed by atoms with Crippen molar-refractivity contribution in [2.45, 2.75) is 19.8 Å². The minimum Gasteiger partial charge on any atom is -0.356 e. The molecular weight excluding hydrogens is 234 g/mol. The van der Waals surface area contributed by atoms with Crippen molar-refractivity contribution in [1.82, 2.24) is 4.98 Å². The van der Waals surface area contributed by atoms with Gasteiger partial charge in [-0.05, 0) is 25.8 Å². The molecule has 1 aliphatic rings. The lowest BCUT2D eigenvalue weighted by Crippen LogP contribution is -2.36. The summed E-state index contributed by atoms with van der Waals surface area (Å²) in [5.74, 6) is 0.751. The molecule has 1 fully saturated rings. The minimum absolute atomic E-state index is 0.0303. The summed E-state index contributed by atoms with van der Waals surface area (Å²) in [7, 11) is 0. The Hall–Kier alpha value is -1.98. The summed E-state index contributed by atoms with van der Waals surface area (Å²) in [6.45, 7) is 3.12. The molecule has 0 aliphatic carbocycles. The van der Waals surface area contributed by atoms with E-state index < -0.39 is 4.92 Å². The smallest absolute Gasteiger partial charge is 0.290 e. The summed E-state index contributed by atoms with van der Waals surface area (Å²) in [6, 6.07) is 3.13. The molecule has 6 heteroatoms. The maximum Gasteiger partial charge on any atom is 0.290 e. The Kier molecular flexibility index (Phi) is 3.55. The van der Waals surface area contributed by atoms with E-state index in [9.17, 15) is 14.9 Å². The molecule has 0 amide bonds. The number of pyridine rings is 1. The van der Waals surface area contributed by atoms with Gasteiger partial charge in [0.15, 0.2) is 0 Å². The van der Waals surface area contributed by atoms with Crippen molar-refractivity contribution in [1.29, 1.82) is 0 Å². The van der Waals surface area contributed by atoms with E-state index in [2.05, 4.69) is 4.98 Å². The number of aromatic nitrogens is 1. The van der Waals surface area contributed by atoms with E-state index >= 15 is 0 Å². The molecule has 0 aromatic carbocycles. The Morgan fingerprint density at radius 1 is 1.56 bits per heavy atom. The lowest BCUT2D eigenvalue weighted by Gasteiger charge is -2.31. The summed E-state index contributed by atoms with van der Waals surface area (Å²) >= 11 is 0. The molecule has 6 nitrogen and oxygen atoms in total. The maximum absolute atomic E-state index is 10.8. The highest BCUT2D eigenvalue weighted by Gasteiger charge is 2.21. The van der Waals surface area contributed by atoms with Crippen LogP contribution in [0.3, 0.4) is 0 Å². The molecule has 1 aromatic rings. The largest absolute Gasteiger partial charge is 0.356 e. The maximum atomic E-state index is 10.8. The summed E-state index contributed by atoms with van der Waals surface area (Å²) < 4.78 is 0. The number of nitro groups is 1. The molecular formula is C12H15N3O3. The van der Waals surface area contributed by atoms with Crippen LogP contribution < -0.4 is 4.90 Å². The standard InChI is InChI=1S/C12H15N3O3/c1-9-11(15(17)18)4-5-12(13-9)14-6-2-3-10(7-14)8-16/h4-5,8,10H,2-3,6-7H2,1H3. The molecule has 1 saturated heterocycles. The van der Waals surface area contributed by atoms with Crippen molar-refractivity contribution in [3.63, 3.8) is 0 Å². The van der Waals surface area contributed by atoms with Crippen LogP contribution >= 0.6 is 0 Å². The number of rotatable bonds is 3. The highest BCUT2D eigenvalue weighted by Crippen LogP contribution is 2.24. The number of carbonyl (C=O) groups is 1. The topological polar surface area (TPSA) is 76.3 Å². The van der Waals surface area contributed by atoms with E-state index in [1.165, 1.54) is 6.07 Å².